The van der Waals surface area contributed by atoms with Crippen molar-refractivity contribution < 1.29 is 27.0 Å². The summed E-state index contributed by atoms with van der Waals surface area (Å²) < 4.78 is 52.6. The fourth-order valence-electron chi connectivity index (χ4n) is 8.37. The molecule has 8 fully saturated rings. The molecule has 11 heteroatoms. The molecule has 8 aliphatic carbocycles. The second kappa shape index (κ2) is 8.02. The van der Waals surface area contributed by atoms with Crippen LogP contribution in [0.15, 0.2) is 33.3 Å². The van der Waals surface area contributed by atoms with Crippen LogP contribution in [0.5, 0.6) is 0 Å². The first-order valence-corrected chi connectivity index (χ1v) is 15.3. The normalized spacial score (nSPS) is 37.2. The third-order valence-corrected chi connectivity index (χ3v) is 11.4. The number of fused-ring (bicyclic) bond motifs is 3. The molecule has 2 aromatic heterocycles. The lowest BCUT2D eigenvalue weighted by Crippen LogP contribution is -2.71. The predicted octanol–water partition coefficient (Wildman–Crippen LogP) is 6.64. The van der Waals surface area contributed by atoms with Crippen molar-refractivity contribution in [3.8, 4) is 11.5 Å². The Morgan fingerprint density at radius 3 is 2.31 bits per heavy atom. The molecule has 1 unspecified atom stereocenters. The van der Waals surface area contributed by atoms with Gasteiger partial charge < -0.3 is 13.9 Å². The zero-order chi connectivity index (χ0) is 28.5. The van der Waals surface area contributed by atoms with Crippen LogP contribution in [-0.4, -0.2) is 44.3 Å². The van der Waals surface area contributed by atoms with Gasteiger partial charge in [-0.15, -0.1) is 0 Å². The quantitative estimate of drug-likeness (QED) is 0.295. The van der Waals surface area contributed by atoms with Gasteiger partial charge in [-0.3, -0.25) is 4.79 Å². The van der Waals surface area contributed by atoms with Crippen LogP contribution < -0.4 is 4.90 Å². The number of hydrogen-bond acceptors (Lipinski definition) is 7. The molecule has 11 rings (SSSR count). The van der Waals surface area contributed by atoms with Crippen molar-refractivity contribution in [2.24, 2.45) is 10.8 Å². The molecule has 8 nitrogen and oxygen atoms in total. The van der Waals surface area contributed by atoms with E-state index in [1.54, 1.807) is 0 Å². The molecule has 1 aromatic carbocycles. The van der Waals surface area contributed by atoms with Gasteiger partial charge in [-0.1, -0.05) is 16.4 Å². The molecule has 2 heterocycles. The number of carbonyl (C=O) groups excluding carboxylic acids is 1. The van der Waals surface area contributed by atoms with Gasteiger partial charge in [0, 0.05) is 35.5 Å². The summed E-state index contributed by atoms with van der Waals surface area (Å²) in [5, 5.41) is 8.33. The van der Waals surface area contributed by atoms with Gasteiger partial charge in [-0.05, 0) is 94.2 Å². The second-order valence-electron chi connectivity index (χ2n) is 14.4. The molecule has 42 heavy (non-hydrogen) atoms. The maximum atomic E-state index is 14.5. The zero-order valence-corrected chi connectivity index (χ0v) is 23.3. The van der Waals surface area contributed by atoms with Crippen molar-refractivity contribution in [3.63, 3.8) is 0 Å². The third-order valence-electron chi connectivity index (χ3n) is 11.4. The van der Waals surface area contributed by atoms with E-state index in [1.165, 1.54) is 0 Å². The van der Waals surface area contributed by atoms with E-state index in [1.807, 2.05) is 29.2 Å². The largest absolute Gasteiger partial charge is 0.339 e. The maximum Gasteiger partial charge on any atom is 0.260 e. The number of carbonyl (C=O) groups is 1. The first kappa shape index (κ1) is 25.3. The van der Waals surface area contributed by atoms with Crippen LogP contribution in [0.3, 0.4) is 0 Å². The van der Waals surface area contributed by atoms with E-state index in [9.17, 15) is 18.0 Å². The first-order valence-electron chi connectivity index (χ1n) is 15.3. The Bertz CT molecular complexity index is 1570. The molecule has 4 bridgehead atoms. The average molecular weight is 580 g/mol. The van der Waals surface area contributed by atoms with E-state index in [0.29, 0.717) is 43.4 Å². The van der Waals surface area contributed by atoms with E-state index in [2.05, 4.69) is 20.3 Å². The van der Waals surface area contributed by atoms with Crippen LogP contribution in [0.2, 0.25) is 0 Å². The third kappa shape index (κ3) is 3.70. The van der Waals surface area contributed by atoms with Crippen LogP contribution in [0.25, 0.3) is 11.5 Å². The van der Waals surface area contributed by atoms with Crippen molar-refractivity contribution in [2.75, 3.05) is 11.4 Å². The molecule has 8 saturated carbocycles. The van der Waals surface area contributed by atoms with Gasteiger partial charge in [-0.2, -0.15) is 9.97 Å². The van der Waals surface area contributed by atoms with Crippen molar-refractivity contribution in [2.45, 2.75) is 106 Å². The molecular formula is C31H32F3N5O3. The molecule has 0 aliphatic heterocycles. The Morgan fingerprint density at radius 1 is 0.952 bits per heavy atom. The number of nitrogens with zero attached hydrogens (tertiary/aromatic N) is 5. The number of anilines is 1. The van der Waals surface area contributed by atoms with Crippen LogP contribution in [0, 0.1) is 10.8 Å². The van der Waals surface area contributed by atoms with Gasteiger partial charge in [0.15, 0.2) is 11.6 Å². The Balaban J connectivity index is 0.980. The summed E-state index contributed by atoms with van der Waals surface area (Å²) >= 11 is 0. The fourth-order valence-corrected chi connectivity index (χ4v) is 8.37. The Labute approximate surface area is 240 Å². The van der Waals surface area contributed by atoms with E-state index in [4.69, 9.17) is 9.05 Å². The standard InChI is InChI=1S/C31H32F3N5O3/c32-30-14-29(15-30,16-30)26(40)39(20-3-1-2-19(12-20)23-35-22(37-41-23)18-4-5-18)17-27-6-9-28(10-7-27,11-8-27)25-36-24(42-38-25)21-13-31(21,33)34/h1-3,12,18,21H,4-11,13-17H2. The summed E-state index contributed by atoms with van der Waals surface area (Å²) in [7, 11) is 0. The van der Waals surface area contributed by atoms with E-state index in [-0.39, 0.29) is 29.0 Å². The fraction of sp³-hybridized carbons (Fsp3) is 0.645. The Hall–Kier alpha value is -3.24. The molecule has 1 atom stereocenters. The summed E-state index contributed by atoms with van der Waals surface area (Å²) in [5.41, 5.74) is -0.607. The lowest BCUT2D eigenvalue weighted by Gasteiger charge is -2.65. The lowest BCUT2D eigenvalue weighted by molar-refractivity contribution is -0.211. The monoisotopic (exact) mass is 579 g/mol. The second-order valence-corrected chi connectivity index (χ2v) is 14.4. The number of aromatic nitrogens is 4. The van der Waals surface area contributed by atoms with Gasteiger partial charge in [0.2, 0.25) is 11.8 Å². The van der Waals surface area contributed by atoms with E-state index >= 15 is 0 Å². The molecule has 1 amide bonds. The number of amides is 1. The first-order chi connectivity index (χ1) is 20.1. The number of halogens is 3. The number of alkyl halides is 3. The smallest absolute Gasteiger partial charge is 0.260 e. The van der Waals surface area contributed by atoms with E-state index < -0.39 is 22.9 Å². The minimum atomic E-state index is -2.74. The van der Waals surface area contributed by atoms with Gasteiger partial charge in [-0.25, -0.2) is 13.2 Å². The zero-order valence-electron chi connectivity index (χ0n) is 23.3. The molecule has 0 radical (unpaired) electrons. The topological polar surface area (TPSA) is 98.2 Å². The summed E-state index contributed by atoms with van der Waals surface area (Å²) in [5.74, 6) is -1.53. The highest BCUT2D eigenvalue weighted by atomic mass is 19.3. The Morgan fingerprint density at radius 2 is 1.67 bits per heavy atom. The van der Waals surface area contributed by atoms with Crippen LogP contribution in [-0.2, 0) is 10.2 Å². The van der Waals surface area contributed by atoms with Crippen molar-refractivity contribution >= 4 is 11.6 Å². The van der Waals surface area contributed by atoms with Crippen molar-refractivity contribution in [3.05, 3.63) is 41.8 Å². The molecule has 220 valence electrons. The van der Waals surface area contributed by atoms with Gasteiger partial charge in [0.1, 0.15) is 11.6 Å². The predicted molar refractivity (Wildman–Crippen MR) is 143 cm³/mol. The molecule has 3 aromatic rings. The Kier molecular flexibility index (Phi) is 4.83. The molecule has 8 aliphatic rings. The van der Waals surface area contributed by atoms with Gasteiger partial charge in [0.25, 0.3) is 11.8 Å². The lowest BCUT2D eigenvalue weighted by atomic mass is 9.41. The number of benzene rings is 1. The summed E-state index contributed by atoms with van der Waals surface area (Å²) in [4.78, 5) is 25.1. The number of hydrogen-bond donors (Lipinski definition) is 0. The molecular weight excluding hydrogens is 547 g/mol. The van der Waals surface area contributed by atoms with Crippen LogP contribution in [0.1, 0.15) is 106 Å². The van der Waals surface area contributed by atoms with E-state index in [0.717, 1.165) is 68.4 Å². The SMILES string of the molecule is O=C(N(CC12CCC(c3noc(C4CC4(F)F)n3)(CC1)CC2)c1cccc(-c2nc(C3CC3)no2)c1)C12CC(F)(C1)C2. The highest BCUT2D eigenvalue weighted by Crippen LogP contribution is 2.70. The van der Waals surface area contributed by atoms with Crippen molar-refractivity contribution in [1.82, 2.24) is 20.3 Å². The summed E-state index contributed by atoms with van der Waals surface area (Å²) in [6.07, 6.45) is 7.91. The number of rotatable bonds is 8. The minimum absolute atomic E-state index is 0.00771. The van der Waals surface area contributed by atoms with Crippen LogP contribution >= 0.6 is 0 Å². The van der Waals surface area contributed by atoms with Crippen molar-refractivity contribution in [1.29, 1.82) is 0 Å². The highest BCUT2D eigenvalue weighted by Gasteiger charge is 2.73. The summed E-state index contributed by atoms with van der Waals surface area (Å²) in [6, 6.07) is 7.71. The maximum absolute atomic E-state index is 14.5. The summed E-state index contributed by atoms with van der Waals surface area (Å²) in [6.45, 7) is 0.551. The molecule has 0 N–H and O–H groups in total. The van der Waals surface area contributed by atoms with Crippen LogP contribution in [0.4, 0.5) is 18.9 Å². The highest BCUT2D eigenvalue weighted by molar-refractivity contribution is 6.00. The minimum Gasteiger partial charge on any atom is -0.339 e. The molecule has 0 spiro atoms. The average Bonchev–Trinajstić information content (AvgIpc) is 3.77. The van der Waals surface area contributed by atoms with Gasteiger partial charge >= 0.3 is 0 Å². The van der Waals surface area contributed by atoms with Gasteiger partial charge in [0.05, 0.1) is 5.41 Å². The molecule has 0 saturated heterocycles.